The molecule has 16 heavy (non-hydrogen) atoms. The molecule has 0 radical (unpaired) electrons. The number of benzene rings is 1. The van der Waals surface area contributed by atoms with E-state index in [4.69, 9.17) is 9.57 Å². The SMILES string of the molecule is CCOC(=O)[C@H](C)NOCc1ccccc1. The van der Waals surface area contributed by atoms with Gasteiger partial charge in [0.05, 0.1) is 13.2 Å². The molecule has 0 unspecified atom stereocenters. The van der Waals surface area contributed by atoms with Crippen molar-refractivity contribution in [2.24, 2.45) is 0 Å². The van der Waals surface area contributed by atoms with Gasteiger partial charge in [-0.15, -0.1) is 0 Å². The van der Waals surface area contributed by atoms with Crippen molar-refractivity contribution in [3.8, 4) is 0 Å². The number of ether oxygens (including phenoxy) is 1. The summed E-state index contributed by atoms with van der Waals surface area (Å²) < 4.78 is 4.82. The molecule has 0 spiro atoms. The molecule has 1 rings (SSSR count). The van der Waals surface area contributed by atoms with Crippen molar-refractivity contribution in [2.75, 3.05) is 6.61 Å². The fourth-order valence-electron chi connectivity index (χ4n) is 1.14. The molecule has 0 saturated carbocycles. The van der Waals surface area contributed by atoms with E-state index in [1.54, 1.807) is 13.8 Å². The second kappa shape index (κ2) is 6.98. The number of carbonyl (C=O) groups is 1. The molecule has 88 valence electrons. The van der Waals surface area contributed by atoms with Crippen molar-refractivity contribution in [1.82, 2.24) is 5.48 Å². The van der Waals surface area contributed by atoms with Crippen LogP contribution in [0.3, 0.4) is 0 Å². The third kappa shape index (κ3) is 4.42. The van der Waals surface area contributed by atoms with Gasteiger partial charge in [0, 0.05) is 0 Å². The Morgan fingerprint density at radius 2 is 2.06 bits per heavy atom. The van der Waals surface area contributed by atoms with Crippen LogP contribution in [-0.2, 0) is 21.0 Å². The Morgan fingerprint density at radius 1 is 1.38 bits per heavy atom. The van der Waals surface area contributed by atoms with Crippen molar-refractivity contribution in [3.05, 3.63) is 35.9 Å². The molecule has 1 aromatic rings. The Labute approximate surface area is 95.5 Å². The molecule has 0 aliphatic carbocycles. The lowest BCUT2D eigenvalue weighted by molar-refractivity contribution is -0.149. The molecule has 0 amide bonds. The first-order valence-electron chi connectivity index (χ1n) is 5.32. The molecular formula is C12H17NO3. The molecule has 0 heterocycles. The second-order valence-electron chi connectivity index (χ2n) is 3.37. The van der Waals surface area contributed by atoms with Crippen LogP contribution in [0.1, 0.15) is 19.4 Å². The van der Waals surface area contributed by atoms with Crippen LogP contribution < -0.4 is 5.48 Å². The zero-order valence-corrected chi connectivity index (χ0v) is 9.60. The monoisotopic (exact) mass is 223 g/mol. The maximum Gasteiger partial charge on any atom is 0.325 e. The fourth-order valence-corrected chi connectivity index (χ4v) is 1.14. The normalized spacial score (nSPS) is 12.1. The number of esters is 1. The molecule has 1 atom stereocenters. The topological polar surface area (TPSA) is 47.6 Å². The van der Waals surface area contributed by atoms with Gasteiger partial charge in [0.25, 0.3) is 0 Å². The van der Waals surface area contributed by atoms with Gasteiger partial charge >= 0.3 is 5.97 Å². The highest BCUT2D eigenvalue weighted by Crippen LogP contribution is 1.99. The van der Waals surface area contributed by atoms with Gasteiger partial charge in [-0.25, -0.2) is 0 Å². The first-order valence-corrected chi connectivity index (χ1v) is 5.32. The molecule has 0 fully saturated rings. The first kappa shape index (κ1) is 12.7. The van der Waals surface area contributed by atoms with Crippen LogP contribution in [-0.4, -0.2) is 18.6 Å². The lowest BCUT2D eigenvalue weighted by Crippen LogP contribution is -2.35. The fraction of sp³-hybridized carbons (Fsp3) is 0.417. The summed E-state index contributed by atoms with van der Waals surface area (Å²) in [5.74, 6) is -0.310. The van der Waals surface area contributed by atoms with E-state index < -0.39 is 6.04 Å². The summed E-state index contributed by atoms with van der Waals surface area (Å²) in [7, 11) is 0. The Balaban J connectivity index is 2.23. The highest BCUT2D eigenvalue weighted by molar-refractivity contribution is 5.74. The van der Waals surface area contributed by atoms with Crippen LogP contribution in [0.5, 0.6) is 0 Å². The maximum absolute atomic E-state index is 11.2. The largest absolute Gasteiger partial charge is 0.465 e. The average Bonchev–Trinajstić information content (AvgIpc) is 2.30. The minimum Gasteiger partial charge on any atom is -0.465 e. The lowest BCUT2D eigenvalue weighted by atomic mass is 10.2. The van der Waals surface area contributed by atoms with Crippen molar-refractivity contribution >= 4 is 5.97 Å². The van der Waals surface area contributed by atoms with Crippen LogP contribution in [0.4, 0.5) is 0 Å². The number of nitrogens with one attached hydrogen (secondary N) is 1. The summed E-state index contributed by atoms with van der Waals surface area (Å²) in [6.45, 7) is 4.27. The smallest absolute Gasteiger partial charge is 0.325 e. The third-order valence-corrected chi connectivity index (χ3v) is 1.98. The van der Waals surface area contributed by atoms with Crippen molar-refractivity contribution in [3.63, 3.8) is 0 Å². The summed E-state index contributed by atoms with van der Waals surface area (Å²) in [6.07, 6.45) is 0. The van der Waals surface area contributed by atoms with Crippen LogP contribution in [0.2, 0.25) is 0 Å². The van der Waals surface area contributed by atoms with E-state index in [0.29, 0.717) is 13.2 Å². The predicted molar refractivity (Wildman–Crippen MR) is 60.5 cm³/mol. The number of hydroxylamine groups is 1. The van der Waals surface area contributed by atoms with Gasteiger partial charge in [0.1, 0.15) is 6.04 Å². The molecular weight excluding hydrogens is 206 g/mol. The van der Waals surface area contributed by atoms with E-state index >= 15 is 0 Å². The molecule has 0 saturated heterocycles. The molecule has 4 heteroatoms. The number of carbonyl (C=O) groups excluding carboxylic acids is 1. The number of rotatable bonds is 6. The van der Waals surface area contributed by atoms with E-state index in [1.807, 2.05) is 30.3 Å². The van der Waals surface area contributed by atoms with Crippen LogP contribution in [0.25, 0.3) is 0 Å². The van der Waals surface area contributed by atoms with Gasteiger partial charge in [0.15, 0.2) is 0 Å². The highest BCUT2D eigenvalue weighted by Gasteiger charge is 2.12. The number of hydrogen-bond donors (Lipinski definition) is 1. The van der Waals surface area contributed by atoms with Gasteiger partial charge in [-0.05, 0) is 19.4 Å². The molecule has 4 nitrogen and oxygen atoms in total. The van der Waals surface area contributed by atoms with E-state index in [0.717, 1.165) is 5.56 Å². The van der Waals surface area contributed by atoms with Crippen LogP contribution in [0.15, 0.2) is 30.3 Å². The lowest BCUT2D eigenvalue weighted by Gasteiger charge is -2.12. The zero-order valence-electron chi connectivity index (χ0n) is 9.60. The minimum absolute atomic E-state index is 0.310. The molecule has 0 bridgehead atoms. The minimum atomic E-state index is -0.455. The zero-order chi connectivity index (χ0) is 11.8. The Kier molecular flexibility index (Phi) is 5.53. The predicted octanol–water partition coefficient (Wildman–Crippen LogP) is 1.66. The molecule has 1 aromatic carbocycles. The Morgan fingerprint density at radius 3 is 2.69 bits per heavy atom. The van der Waals surface area contributed by atoms with Gasteiger partial charge in [-0.2, -0.15) is 5.48 Å². The van der Waals surface area contributed by atoms with Gasteiger partial charge in [-0.3, -0.25) is 9.63 Å². The average molecular weight is 223 g/mol. The Hall–Kier alpha value is -1.39. The summed E-state index contributed by atoms with van der Waals surface area (Å²) >= 11 is 0. The highest BCUT2D eigenvalue weighted by atomic mass is 16.6. The molecule has 0 aromatic heterocycles. The van der Waals surface area contributed by atoms with Crippen LogP contribution in [0, 0.1) is 0 Å². The maximum atomic E-state index is 11.2. The third-order valence-electron chi connectivity index (χ3n) is 1.98. The molecule has 1 N–H and O–H groups in total. The van der Waals surface area contributed by atoms with Gasteiger partial charge in [0.2, 0.25) is 0 Å². The van der Waals surface area contributed by atoms with E-state index in [9.17, 15) is 4.79 Å². The molecule has 0 aliphatic rings. The van der Waals surface area contributed by atoms with Crippen molar-refractivity contribution in [2.45, 2.75) is 26.5 Å². The first-order chi connectivity index (χ1) is 7.74. The van der Waals surface area contributed by atoms with Crippen LogP contribution >= 0.6 is 0 Å². The van der Waals surface area contributed by atoms with Crippen molar-refractivity contribution < 1.29 is 14.4 Å². The van der Waals surface area contributed by atoms with Crippen molar-refractivity contribution in [1.29, 1.82) is 0 Å². The molecule has 0 aliphatic heterocycles. The van der Waals surface area contributed by atoms with Gasteiger partial charge in [-0.1, -0.05) is 30.3 Å². The van der Waals surface area contributed by atoms with E-state index in [-0.39, 0.29) is 5.97 Å². The standard InChI is InChI=1S/C12H17NO3/c1-3-15-12(14)10(2)13-16-9-11-7-5-4-6-8-11/h4-8,10,13H,3,9H2,1-2H3/t10-/m0/s1. The van der Waals surface area contributed by atoms with E-state index in [2.05, 4.69) is 5.48 Å². The second-order valence-corrected chi connectivity index (χ2v) is 3.37. The van der Waals surface area contributed by atoms with Gasteiger partial charge < -0.3 is 4.74 Å². The quantitative estimate of drug-likeness (QED) is 0.588. The number of hydrogen-bond acceptors (Lipinski definition) is 4. The summed E-state index contributed by atoms with van der Waals surface area (Å²) in [5.41, 5.74) is 3.69. The van der Waals surface area contributed by atoms with E-state index in [1.165, 1.54) is 0 Å². The summed E-state index contributed by atoms with van der Waals surface area (Å²) in [4.78, 5) is 16.4. The summed E-state index contributed by atoms with van der Waals surface area (Å²) in [6, 6.07) is 9.27. The summed E-state index contributed by atoms with van der Waals surface area (Å²) in [5, 5.41) is 0. The Bertz CT molecular complexity index is 313.